The second-order valence-corrected chi connectivity index (χ2v) is 8.58. The van der Waals surface area contributed by atoms with Crippen LogP contribution in [0.4, 0.5) is 11.4 Å². The maximum Gasteiger partial charge on any atom is 0.163 e. The molecule has 1 heterocycles. The van der Waals surface area contributed by atoms with E-state index in [4.69, 9.17) is 4.74 Å². The van der Waals surface area contributed by atoms with Crippen molar-refractivity contribution in [2.24, 2.45) is 0 Å². The number of carbonyl (C=O) groups excluding carboxylic acids is 1. The minimum Gasteiger partial charge on any atom is -0.494 e. The third-order valence-corrected chi connectivity index (χ3v) is 6.35. The predicted octanol–water partition coefficient (Wildman–Crippen LogP) is 6.37. The van der Waals surface area contributed by atoms with Gasteiger partial charge in [0.15, 0.2) is 5.78 Å². The fourth-order valence-electron chi connectivity index (χ4n) is 4.83. The molecule has 162 valence electrons. The number of benzene rings is 3. The number of carbonyl (C=O) groups is 1. The van der Waals surface area contributed by atoms with Crippen LogP contribution in [0.15, 0.2) is 84.1 Å². The average Bonchev–Trinajstić information content (AvgIpc) is 2.97. The summed E-state index contributed by atoms with van der Waals surface area (Å²) in [4.78, 5) is 13.6. The number of hydrogen-bond acceptors (Lipinski definition) is 4. The maximum atomic E-state index is 13.6. The summed E-state index contributed by atoms with van der Waals surface area (Å²) >= 11 is 0. The lowest BCUT2D eigenvalue weighted by Crippen LogP contribution is -2.26. The number of Topliss-reactive ketones (excluding diaryl/α,β-unsaturated/α-hetero) is 1. The first-order valence-electron chi connectivity index (χ1n) is 11.3. The molecule has 0 saturated carbocycles. The number of ketones is 1. The molecule has 0 spiro atoms. The molecule has 0 amide bonds. The van der Waals surface area contributed by atoms with E-state index in [0.717, 1.165) is 40.4 Å². The van der Waals surface area contributed by atoms with E-state index in [1.54, 1.807) is 0 Å². The van der Waals surface area contributed by atoms with Crippen molar-refractivity contribution in [2.45, 2.75) is 38.6 Å². The predicted molar refractivity (Wildman–Crippen MR) is 129 cm³/mol. The molecule has 4 heteroatoms. The summed E-state index contributed by atoms with van der Waals surface area (Å²) in [7, 11) is 0. The quantitative estimate of drug-likeness (QED) is 0.511. The number of rotatable bonds is 4. The van der Waals surface area contributed by atoms with Crippen LogP contribution in [0.3, 0.4) is 0 Å². The van der Waals surface area contributed by atoms with E-state index in [-0.39, 0.29) is 17.7 Å². The molecule has 2 atom stereocenters. The molecule has 0 saturated heterocycles. The highest BCUT2D eigenvalue weighted by atomic mass is 16.5. The lowest BCUT2D eigenvalue weighted by atomic mass is 9.78. The summed E-state index contributed by atoms with van der Waals surface area (Å²) < 4.78 is 5.59. The van der Waals surface area contributed by atoms with Gasteiger partial charge >= 0.3 is 0 Å². The van der Waals surface area contributed by atoms with Gasteiger partial charge in [-0.25, -0.2) is 0 Å². The van der Waals surface area contributed by atoms with Crippen LogP contribution in [-0.4, -0.2) is 12.4 Å². The Bertz CT molecular complexity index is 1180. The SMILES string of the molecule is CCOc1ccc(C2CC(=O)C3=C(C2)Nc2ccccc2NC3c2cccc(C)c2)cc1. The lowest BCUT2D eigenvalue weighted by molar-refractivity contribution is -0.116. The van der Waals surface area contributed by atoms with Crippen LogP contribution in [0, 0.1) is 6.92 Å². The van der Waals surface area contributed by atoms with Crippen LogP contribution in [0.1, 0.15) is 48.4 Å². The van der Waals surface area contributed by atoms with Crippen molar-refractivity contribution in [1.29, 1.82) is 0 Å². The first-order chi connectivity index (χ1) is 15.6. The molecule has 3 aromatic carbocycles. The summed E-state index contributed by atoms with van der Waals surface area (Å²) in [5.41, 5.74) is 7.37. The van der Waals surface area contributed by atoms with Gasteiger partial charge in [0.1, 0.15) is 5.75 Å². The minimum absolute atomic E-state index is 0.146. The van der Waals surface area contributed by atoms with Gasteiger partial charge in [0, 0.05) is 17.7 Å². The molecule has 1 aliphatic carbocycles. The zero-order chi connectivity index (χ0) is 22.1. The maximum absolute atomic E-state index is 13.6. The average molecular weight is 425 g/mol. The second-order valence-electron chi connectivity index (χ2n) is 8.58. The van der Waals surface area contributed by atoms with Gasteiger partial charge < -0.3 is 15.4 Å². The van der Waals surface area contributed by atoms with Gasteiger partial charge in [-0.15, -0.1) is 0 Å². The highest BCUT2D eigenvalue weighted by Crippen LogP contribution is 2.44. The van der Waals surface area contributed by atoms with Gasteiger partial charge in [0.25, 0.3) is 0 Å². The zero-order valence-electron chi connectivity index (χ0n) is 18.5. The van der Waals surface area contributed by atoms with Gasteiger partial charge in [-0.2, -0.15) is 0 Å². The van der Waals surface area contributed by atoms with Gasteiger partial charge in [0.2, 0.25) is 0 Å². The Balaban J connectivity index is 1.55. The van der Waals surface area contributed by atoms with E-state index >= 15 is 0 Å². The Morgan fingerprint density at radius 3 is 2.44 bits per heavy atom. The number of anilines is 2. The van der Waals surface area contributed by atoms with Gasteiger partial charge in [-0.3, -0.25) is 4.79 Å². The zero-order valence-corrected chi connectivity index (χ0v) is 18.5. The third kappa shape index (κ3) is 3.89. The summed E-state index contributed by atoms with van der Waals surface area (Å²) in [6.45, 7) is 4.72. The van der Waals surface area contributed by atoms with Crippen molar-refractivity contribution in [2.75, 3.05) is 17.2 Å². The Kier molecular flexibility index (Phi) is 5.44. The van der Waals surface area contributed by atoms with E-state index in [2.05, 4.69) is 66.1 Å². The van der Waals surface area contributed by atoms with Gasteiger partial charge in [-0.05, 0) is 61.6 Å². The summed E-state index contributed by atoms with van der Waals surface area (Å²) in [5.74, 6) is 1.21. The van der Waals surface area contributed by atoms with E-state index in [1.807, 2.05) is 31.2 Å². The van der Waals surface area contributed by atoms with E-state index in [9.17, 15) is 4.79 Å². The summed E-state index contributed by atoms with van der Waals surface area (Å²) in [6, 6.07) is 24.6. The standard InChI is InChI=1S/C28H28N2O2/c1-3-32-22-13-11-19(12-14-22)21-16-25-27(26(31)17-21)28(20-8-6-7-18(2)15-20)30-24-10-5-4-9-23(24)29-25/h4-15,21,28-30H,3,16-17H2,1-2H3. The van der Waals surface area contributed by atoms with Crippen molar-refractivity contribution < 1.29 is 9.53 Å². The molecule has 0 radical (unpaired) electrons. The number of allylic oxidation sites excluding steroid dienone is 1. The van der Waals surface area contributed by atoms with Crippen LogP contribution in [-0.2, 0) is 4.79 Å². The van der Waals surface area contributed by atoms with E-state index in [1.165, 1.54) is 11.1 Å². The highest BCUT2D eigenvalue weighted by Gasteiger charge is 2.36. The van der Waals surface area contributed by atoms with Crippen LogP contribution in [0.5, 0.6) is 5.75 Å². The van der Waals surface area contributed by atoms with E-state index < -0.39 is 0 Å². The largest absolute Gasteiger partial charge is 0.494 e. The van der Waals surface area contributed by atoms with Crippen LogP contribution < -0.4 is 15.4 Å². The molecule has 4 nitrogen and oxygen atoms in total. The number of para-hydroxylation sites is 2. The smallest absolute Gasteiger partial charge is 0.163 e. The molecule has 1 aliphatic heterocycles. The van der Waals surface area contributed by atoms with Crippen molar-refractivity contribution in [3.63, 3.8) is 0 Å². The molecule has 3 aromatic rings. The van der Waals surface area contributed by atoms with Gasteiger partial charge in [-0.1, -0.05) is 54.1 Å². The number of ether oxygens (including phenoxy) is 1. The lowest BCUT2D eigenvalue weighted by Gasteiger charge is -2.30. The number of nitrogens with one attached hydrogen (secondary N) is 2. The molecular weight excluding hydrogens is 396 g/mol. The highest BCUT2D eigenvalue weighted by molar-refractivity contribution is 6.01. The van der Waals surface area contributed by atoms with Crippen molar-refractivity contribution in [3.8, 4) is 5.75 Å². The van der Waals surface area contributed by atoms with Crippen LogP contribution in [0.25, 0.3) is 0 Å². The third-order valence-electron chi connectivity index (χ3n) is 6.35. The molecule has 0 fully saturated rings. The molecule has 2 unspecified atom stereocenters. The normalized spacial score (nSPS) is 19.9. The van der Waals surface area contributed by atoms with Gasteiger partial charge in [0.05, 0.1) is 24.0 Å². The Morgan fingerprint density at radius 2 is 1.69 bits per heavy atom. The Hall–Kier alpha value is -3.53. The second kappa shape index (κ2) is 8.54. The van der Waals surface area contributed by atoms with E-state index in [0.29, 0.717) is 13.0 Å². The van der Waals surface area contributed by atoms with Crippen molar-refractivity contribution in [1.82, 2.24) is 0 Å². The topological polar surface area (TPSA) is 50.4 Å². The van der Waals surface area contributed by atoms with Crippen LogP contribution >= 0.6 is 0 Å². The molecule has 2 N–H and O–H groups in total. The number of fused-ring (bicyclic) bond motifs is 1. The molecule has 5 rings (SSSR count). The summed E-state index contributed by atoms with van der Waals surface area (Å²) in [5, 5.41) is 7.26. The first kappa shape index (κ1) is 20.4. The molecular formula is C28H28N2O2. The first-order valence-corrected chi connectivity index (χ1v) is 11.3. The Morgan fingerprint density at radius 1 is 0.906 bits per heavy atom. The fourth-order valence-corrected chi connectivity index (χ4v) is 4.83. The van der Waals surface area contributed by atoms with Crippen LogP contribution in [0.2, 0.25) is 0 Å². The Labute approximate surface area is 189 Å². The molecule has 0 aromatic heterocycles. The minimum atomic E-state index is -0.171. The number of aryl methyl sites for hydroxylation is 1. The molecule has 0 bridgehead atoms. The van der Waals surface area contributed by atoms with Crippen molar-refractivity contribution >= 4 is 17.2 Å². The van der Waals surface area contributed by atoms with Crippen molar-refractivity contribution in [3.05, 3.63) is 101 Å². The molecule has 2 aliphatic rings. The summed E-state index contributed by atoms with van der Waals surface area (Å²) in [6.07, 6.45) is 1.31. The fraction of sp³-hybridized carbons (Fsp3) is 0.250. The monoisotopic (exact) mass is 424 g/mol. The number of hydrogen-bond donors (Lipinski definition) is 2. The molecule has 32 heavy (non-hydrogen) atoms.